The van der Waals surface area contributed by atoms with Gasteiger partial charge in [-0.15, -0.1) is 24.0 Å². The monoisotopic (exact) mass is 494 g/mol. The molecule has 3 N–H and O–H groups in total. The third kappa shape index (κ3) is 8.54. The van der Waals surface area contributed by atoms with Crippen LogP contribution < -0.4 is 16.0 Å². The third-order valence-corrected chi connectivity index (χ3v) is 5.44. The maximum atomic E-state index is 12.1. The van der Waals surface area contributed by atoms with E-state index in [1.54, 1.807) is 7.05 Å². The fraction of sp³-hybridized carbons (Fsp3) is 0.900. The molecule has 6 nitrogen and oxygen atoms in total. The molecule has 1 heterocycles. The van der Waals surface area contributed by atoms with Crippen LogP contribution in [0.4, 0.5) is 0 Å². The highest BCUT2D eigenvalue weighted by Gasteiger charge is 2.35. The lowest BCUT2D eigenvalue weighted by molar-refractivity contribution is -0.120. The Morgan fingerprint density at radius 2 is 1.78 bits per heavy atom. The fourth-order valence-corrected chi connectivity index (χ4v) is 4.15. The quantitative estimate of drug-likeness (QED) is 0.312. The number of rotatable bonds is 5. The molecule has 0 aromatic rings. The fourth-order valence-electron chi connectivity index (χ4n) is 4.15. The summed E-state index contributed by atoms with van der Waals surface area (Å²) in [5.74, 6) is 1.19. The van der Waals surface area contributed by atoms with Crippen LogP contribution in [0.5, 0.6) is 0 Å². The molecule has 1 saturated heterocycles. The summed E-state index contributed by atoms with van der Waals surface area (Å²) in [6.07, 6.45) is 8.46. The molecule has 0 aromatic heterocycles. The minimum absolute atomic E-state index is 0. The van der Waals surface area contributed by atoms with Gasteiger partial charge in [0, 0.05) is 32.2 Å². The number of carbonyl (C=O) groups is 1. The third-order valence-electron chi connectivity index (χ3n) is 5.44. The predicted molar refractivity (Wildman–Crippen MR) is 122 cm³/mol. The van der Waals surface area contributed by atoms with Gasteiger partial charge in [-0.1, -0.05) is 40.0 Å². The summed E-state index contributed by atoms with van der Waals surface area (Å²) >= 11 is 0. The van der Waals surface area contributed by atoms with E-state index in [4.69, 9.17) is 4.74 Å². The maximum Gasteiger partial charge on any atom is 0.239 e. The van der Waals surface area contributed by atoms with Crippen LogP contribution >= 0.6 is 24.0 Å². The zero-order valence-corrected chi connectivity index (χ0v) is 19.8. The van der Waals surface area contributed by atoms with Crippen LogP contribution in [-0.4, -0.2) is 50.8 Å². The van der Waals surface area contributed by atoms with Crippen molar-refractivity contribution in [1.82, 2.24) is 16.0 Å². The van der Waals surface area contributed by atoms with Crippen molar-refractivity contribution in [2.45, 2.75) is 77.9 Å². The Kier molecular flexibility index (Phi) is 11.0. The number of nitrogens with one attached hydrogen (secondary N) is 3. The second-order valence-electron chi connectivity index (χ2n) is 8.77. The molecule has 158 valence electrons. The minimum atomic E-state index is 0. The molecular weight excluding hydrogens is 455 g/mol. The van der Waals surface area contributed by atoms with Crippen molar-refractivity contribution < 1.29 is 9.53 Å². The van der Waals surface area contributed by atoms with Crippen LogP contribution in [0.3, 0.4) is 0 Å². The summed E-state index contributed by atoms with van der Waals surface area (Å²) < 4.78 is 6.04. The molecule has 1 aliphatic carbocycles. The smallest absolute Gasteiger partial charge is 0.239 e. The molecule has 0 bridgehead atoms. The first-order valence-electron chi connectivity index (χ1n) is 10.3. The van der Waals surface area contributed by atoms with Crippen molar-refractivity contribution >= 4 is 35.8 Å². The van der Waals surface area contributed by atoms with Gasteiger partial charge in [0.1, 0.15) is 0 Å². The van der Waals surface area contributed by atoms with Crippen molar-refractivity contribution in [3.05, 3.63) is 0 Å². The number of halogens is 1. The summed E-state index contributed by atoms with van der Waals surface area (Å²) in [5, 5.41) is 9.64. The summed E-state index contributed by atoms with van der Waals surface area (Å²) in [5.41, 5.74) is 0.129. The average molecular weight is 494 g/mol. The predicted octanol–water partition coefficient (Wildman–Crippen LogP) is 3.06. The summed E-state index contributed by atoms with van der Waals surface area (Å²) in [7, 11) is 1.74. The van der Waals surface area contributed by atoms with Crippen molar-refractivity contribution in [2.75, 3.05) is 26.7 Å². The molecule has 1 aliphatic heterocycles. The van der Waals surface area contributed by atoms with Crippen molar-refractivity contribution in [2.24, 2.45) is 16.3 Å². The Bertz CT molecular complexity index is 473. The molecule has 2 unspecified atom stereocenters. The molecule has 0 aromatic carbocycles. The van der Waals surface area contributed by atoms with E-state index < -0.39 is 0 Å². The zero-order valence-electron chi connectivity index (χ0n) is 17.5. The van der Waals surface area contributed by atoms with Gasteiger partial charge in [0.15, 0.2) is 5.96 Å². The summed E-state index contributed by atoms with van der Waals surface area (Å²) in [4.78, 5) is 16.4. The first kappa shape index (κ1) is 24.5. The Morgan fingerprint density at radius 1 is 1.07 bits per heavy atom. The van der Waals surface area contributed by atoms with Gasteiger partial charge in [0.25, 0.3) is 0 Å². The molecule has 2 aliphatic rings. The van der Waals surface area contributed by atoms with Crippen LogP contribution in [-0.2, 0) is 9.53 Å². The standard InChI is InChI=1S/C20H38N4O2.HI/c1-20(2,3)18-15(9-8-12-26-18)13-22-19(21-4)23-14-17(25)24-16-10-6-5-7-11-16;/h15-16,18H,5-14H2,1-4H3,(H,24,25)(H2,21,22,23);1H. The van der Waals surface area contributed by atoms with Gasteiger partial charge in [-0.25, -0.2) is 0 Å². The number of amides is 1. The van der Waals surface area contributed by atoms with Crippen LogP contribution in [0.2, 0.25) is 0 Å². The van der Waals surface area contributed by atoms with Gasteiger partial charge < -0.3 is 20.7 Å². The normalized spacial score (nSPS) is 24.7. The molecule has 1 saturated carbocycles. The van der Waals surface area contributed by atoms with Crippen molar-refractivity contribution in [3.8, 4) is 0 Å². The van der Waals surface area contributed by atoms with E-state index in [-0.39, 0.29) is 47.9 Å². The average Bonchev–Trinajstić information content (AvgIpc) is 2.62. The summed E-state index contributed by atoms with van der Waals surface area (Å²) in [6, 6.07) is 0.347. The summed E-state index contributed by atoms with van der Waals surface area (Å²) in [6.45, 7) is 8.63. The van der Waals surface area contributed by atoms with Gasteiger partial charge in [-0.05, 0) is 31.1 Å². The Morgan fingerprint density at radius 3 is 2.41 bits per heavy atom. The van der Waals surface area contributed by atoms with Crippen molar-refractivity contribution in [1.29, 1.82) is 0 Å². The lowest BCUT2D eigenvalue weighted by Crippen LogP contribution is -2.49. The zero-order chi connectivity index (χ0) is 19.0. The van der Waals surface area contributed by atoms with E-state index in [0.29, 0.717) is 17.9 Å². The molecular formula is C20H39IN4O2. The second-order valence-corrected chi connectivity index (χ2v) is 8.77. The molecule has 2 rings (SSSR count). The second kappa shape index (κ2) is 12.1. The van der Waals surface area contributed by atoms with Crippen LogP contribution in [0.1, 0.15) is 65.7 Å². The van der Waals surface area contributed by atoms with Gasteiger partial charge in [-0.2, -0.15) is 0 Å². The lowest BCUT2D eigenvalue weighted by Gasteiger charge is -2.40. The molecule has 0 radical (unpaired) electrons. The lowest BCUT2D eigenvalue weighted by atomic mass is 9.78. The largest absolute Gasteiger partial charge is 0.377 e. The Labute approximate surface area is 182 Å². The van der Waals surface area contributed by atoms with Gasteiger partial charge in [0.2, 0.25) is 5.91 Å². The van der Waals surface area contributed by atoms with Gasteiger partial charge in [0.05, 0.1) is 12.6 Å². The first-order valence-corrected chi connectivity index (χ1v) is 10.3. The molecule has 0 spiro atoms. The number of guanidine groups is 1. The molecule has 27 heavy (non-hydrogen) atoms. The van der Waals surface area contributed by atoms with Crippen LogP contribution in [0.25, 0.3) is 0 Å². The topological polar surface area (TPSA) is 74.8 Å². The van der Waals surface area contributed by atoms with Crippen LogP contribution in [0, 0.1) is 11.3 Å². The minimum Gasteiger partial charge on any atom is -0.377 e. The van der Waals surface area contributed by atoms with Crippen molar-refractivity contribution in [3.63, 3.8) is 0 Å². The molecule has 2 fully saturated rings. The van der Waals surface area contributed by atoms with E-state index in [2.05, 4.69) is 41.7 Å². The number of nitrogens with zero attached hydrogens (tertiary/aromatic N) is 1. The van der Waals surface area contributed by atoms with Gasteiger partial charge >= 0.3 is 0 Å². The van der Waals surface area contributed by atoms with E-state index in [9.17, 15) is 4.79 Å². The van der Waals surface area contributed by atoms with E-state index in [0.717, 1.165) is 38.8 Å². The highest BCUT2D eigenvalue weighted by Crippen LogP contribution is 2.33. The highest BCUT2D eigenvalue weighted by atomic mass is 127. The van der Waals surface area contributed by atoms with E-state index >= 15 is 0 Å². The maximum absolute atomic E-state index is 12.1. The number of carbonyl (C=O) groups excluding carboxylic acids is 1. The number of aliphatic imine (C=N–C) groups is 1. The number of ether oxygens (including phenoxy) is 1. The van der Waals surface area contributed by atoms with E-state index in [1.807, 2.05) is 0 Å². The Balaban J connectivity index is 0.00000364. The highest BCUT2D eigenvalue weighted by molar-refractivity contribution is 14.0. The number of hydrogen-bond donors (Lipinski definition) is 3. The SMILES string of the molecule is CN=C(NCC(=O)NC1CCCCC1)NCC1CCCOC1C(C)(C)C.I. The molecule has 2 atom stereocenters. The molecule has 1 amide bonds. The molecule has 7 heteroatoms. The Hall–Kier alpha value is -0.570. The van der Waals surface area contributed by atoms with E-state index in [1.165, 1.54) is 19.3 Å². The van der Waals surface area contributed by atoms with Gasteiger partial charge in [-0.3, -0.25) is 9.79 Å². The first-order chi connectivity index (χ1) is 12.4. The van der Waals surface area contributed by atoms with Crippen LogP contribution in [0.15, 0.2) is 4.99 Å². The number of hydrogen-bond acceptors (Lipinski definition) is 3.